The molecule has 0 spiro atoms. The quantitative estimate of drug-likeness (QED) is 0.598. The van der Waals surface area contributed by atoms with Crippen molar-refractivity contribution < 1.29 is 0 Å². The number of anilines is 3. The number of aromatic nitrogens is 4. The number of hydrogen-bond acceptors (Lipinski definition) is 5. The summed E-state index contributed by atoms with van der Waals surface area (Å²) >= 11 is 0. The number of fused-ring (bicyclic) bond motifs is 1. The van der Waals surface area contributed by atoms with Gasteiger partial charge in [-0.25, -0.2) is 15.0 Å². The maximum absolute atomic E-state index is 6.37. The topological polar surface area (TPSA) is 81.7 Å². The Hall–Kier alpha value is -3.41. The molecule has 0 unspecified atom stereocenters. The molecule has 4 aromatic rings. The van der Waals surface area contributed by atoms with Gasteiger partial charge in [0.1, 0.15) is 18.3 Å². The second-order valence-corrected chi connectivity index (χ2v) is 5.94. The monoisotopic (exact) mass is 330 g/mol. The average Bonchev–Trinajstić information content (AvgIpc) is 3.05. The molecule has 0 aliphatic rings. The van der Waals surface area contributed by atoms with Gasteiger partial charge in [0.15, 0.2) is 11.6 Å². The van der Waals surface area contributed by atoms with Gasteiger partial charge in [-0.3, -0.25) is 4.57 Å². The van der Waals surface area contributed by atoms with E-state index >= 15 is 0 Å². The van der Waals surface area contributed by atoms with Gasteiger partial charge >= 0.3 is 0 Å². The molecule has 0 fully saturated rings. The van der Waals surface area contributed by atoms with Crippen LogP contribution in [0, 0.1) is 13.8 Å². The SMILES string of the molecule is Cc1cccc(Nc2ncnc(-n3cnc4ccccc43)c2N)c1C. The molecule has 0 bridgehead atoms. The number of aryl methyl sites for hydroxylation is 1. The van der Waals surface area contributed by atoms with E-state index in [1.165, 1.54) is 11.9 Å². The Labute approximate surface area is 145 Å². The Bertz CT molecular complexity index is 1070. The van der Waals surface area contributed by atoms with E-state index in [1.54, 1.807) is 6.33 Å². The summed E-state index contributed by atoms with van der Waals surface area (Å²) in [7, 11) is 0. The molecule has 0 saturated heterocycles. The molecule has 0 radical (unpaired) electrons. The van der Waals surface area contributed by atoms with Crippen molar-refractivity contribution in [2.75, 3.05) is 11.1 Å². The molecule has 3 N–H and O–H groups in total. The second kappa shape index (κ2) is 5.90. The van der Waals surface area contributed by atoms with Gasteiger partial charge in [0.25, 0.3) is 0 Å². The maximum Gasteiger partial charge on any atom is 0.167 e. The minimum absolute atomic E-state index is 0.478. The van der Waals surface area contributed by atoms with Crippen LogP contribution in [0.1, 0.15) is 11.1 Å². The van der Waals surface area contributed by atoms with Gasteiger partial charge < -0.3 is 11.1 Å². The Kier molecular flexibility index (Phi) is 3.57. The number of nitrogens with two attached hydrogens (primary N) is 1. The smallest absolute Gasteiger partial charge is 0.167 e. The van der Waals surface area contributed by atoms with Gasteiger partial charge in [-0.15, -0.1) is 0 Å². The van der Waals surface area contributed by atoms with Crippen LogP contribution in [-0.4, -0.2) is 19.5 Å². The van der Waals surface area contributed by atoms with Crippen molar-refractivity contribution in [3.05, 3.63) is 66.2 Å². The van der Waals surface area contributed by atoms with Crippen molar-refractivity contribution >= 4 is 28.2 Å². The van der Waals surface area contributed by atoms with Gasteiger partial charge in [0.2, 0.25) is 0 Å². The fourth-order valence-electron chi connectivity index (χ4n) is 2.82. The van der Waals surface area contributed by atoms with Crippen molar-refractivity contribution in [2.45, 2.75) is 13.8 Å². The molecule has 0 aliphatic carbocycles. The molecule has 4 rings (SSSR count). The number of rotatable bonds is 3. The molecule has 0 aliphatic heterocycles. The van der Waals surface area contributed by atoms with Crippen molar-refractivity contribution in [3.8, 4) is 5.82 Å². The number of nitrogens with one attached hydrogen (secondary N) is 1. The molecule has 2 aromatic carbocycles. The van der Waals surface area contributed by atoms with E-state index in [9.17, 15) is 0 Å². The molecular formula is C19H18N6. The molecule has 6 heteroatoms. The minimum Gasteiger partial charge on any atom is -0.393 e. The van der Waals surface area contributed by atoms with Crippen molar-refractivity contribution in [3.63, 3.8) is 0 Å². The lowest BCUT2D eigenvalue weighted by Crippen LogP contribution is -2.07. The van der Waals surface area contributed by atoms with Gasteiger partial charge in [-0.1, -0.05) is 24.3 Å². The minimum atomic E-state index is 0.478. The first kappa shape index (κ1) is 15.1. The third-order valence-electron chi connectivity index (χ3n) is 4.40. The summed E-state index contributed by atoms with van der Waals surface area (Å²) in [5.74, 6) is 1.19. The highest BCUT2D eigenvalue weighted by atomic mass is 15.2. The Balaban J connectivity index is 1.80. The number of benzene rings is 2. The lowest BCUT2D eigenvalue weighted by atomic mass is 10.1. The van der Waals surface area contributed by atoms with E-state index in [1.807, 2.05) is 41.0 Å². The molecular weight excluding hydrogens is 312 g/mol. The Morgan fingerprint density at radius 3 is 2.68 bits per heavy atom. The zero-order valence-electron chi connectivity index (χ0n) is 14.1. The lowest BCUT2D eigenvalue weighted by Gasteiger charge is -2.14. The highest BCUT2D eigenvalue weighted by Gasteiger charge is 2.13. The van der Waals surface area contributed by atoms with Crippen LogP contribution in [0.5, 0.6) is 0 Å². The third-order valence-corrected chi connectivity index (χ3v) is 4.40. The summed E-state index contributed by atoms with van der Waals surface area (Å²) < 4.78 is 1.88. The van der Waals surface area contributed by atoms with Crippen LogP contribution in [0.3, 0.4) is 0 Å². The summed E-state index contributed by atoms with van der Waals surface area (Å²) in [5, 5.41) is 3.32. The summed E-state index contributed by atoms with van der Waals surface area (Å²) in [6.07, 6.45) is 3.24. The first-order valence-corrected chi connectivity index (χ1v) is 8.01. The Morgan fingerprint density at radius 2 is 1.80 bits per heavy atom. The van der Waals surface area contributed by atoms with E-state index in [-0.39, 0.29) is 0 Å². The molecule has 0 atom stereocenters. The fraction of sp³-hybridized carbons (Fsp3) is 0.105. The highest BCUT2D eigenvalue weighted by Crippen LogP contribution is 2.29. The molecule has 2 heterocycles. The number of nitrogens with zero attached hydrogens (tertiary/aromatic N) is 4. The van der Waals surface area contributed by atoms with Gasteiger partial charge in [-0.2, -0.15) is 0 Å². The Morgan fingerprint density at radius 1 is 0.960 bits per heavy atom. The molecule has 0 amide bonds. The predicted octanol–water partition coefficient (Wildman–Crippen LogP) is 3.76. The average molecular weight is 330 g/mol. The van der Waals surface area contributed by atoms with Crippen molar-refractivity contribution in [1.29, 1.82) is 0 Å². The van der Waals surface area contributed by atoms with Crippen LogP contribution >= 0.6 is 0 Å². The number of nitrogen functional groups attached to an aromatic ring is 1. The zero-order valence-corrected chi connectivity index (χ0v) is 14.1. The van der Waals surface area contributed by atoms with E-state index in [0.29, 0.717) is 17.3 Å². The first-order chi connectivity index (χ1) is 12.1. The first-order valence-electron chi connectivity index (χ1n) is 8.01. The summed E-state index contributed by atoms with van der Waals surface area (Å²) in [6, 6.07) is 14.0. The van der Waals surface area contributed by atoms with Crippen LogP contribution in [-0.2, 0) is 0 Å². The van der Waals surface area contributed by atoms with Gasteiger partial charge in [-0.05, 0) is 43.2 Å². The number of hydrogen-bond donors (Lipinski definition) is 2. The summed E-state index contributed by atoms with van der Waals surface area (Å²) in [5.41, 5.74) is 12.0. The number of imidazole rings is 1. The van der Waals surface area contributed by atoms with E-state index in [0.717, 1.165) is 22.3 Å². The highest BCUT2D eigenvalue weighted by molar-refractivity contribution is 5.81. The largest absolute Gasteiger partial charge is 0.393 e. The van der Waals surface area contributed by atoms with E-state index < -0.39 is 0 Å². The summed E-state index contributed by atoms with van der Waals surface area (Å²) in [4.78, 5) is 13.1. The normalized spacial score (nSPS) is 11.0. The fourth-order valence-corrected chi connectivity index (χ4v) is 2.82. The lowest BCUT2D eigenvalue weighted by molar-refractivity contribution is 1.00. The van der Waals surface area contributed by atoms with Crippen LogP contribution < -0.4 is 11.1 Å². The van der Waals surface area contributed by atoms with Crippen LogP contribution in [0.2, 0.25) is 0 Å². The maximum atomic E-state index is 6.37. The second-order valence-electron chi connectivity index (χ2n) is 5.94. The van der Waals surface area contributed by atoms with Crippen molar-refractivity contribution in [1.82, 2.24) is 19.5 Å². The van der Waals surface area contributed by atoms with Gasteiger partial charge in [0, 0.05) is 5.69 Å². The summed E-state index contributed by atoms with van der Waals surface area (Å²) in [6.45, 7) is 4.15. The van der Waals surface area contributed by atoms with Crippen LogP contribution in [0.15, 0.2) is 55.1 Å². The molecule has 2 aromatic heterocycles. The third kappa shape index (κ3) is 2.57. The van der Waals surface area contributed by atoms with Crippen molar-refractivity contribution in [2.24, 2.45) is 0 Å². The molecule has 0 saturated carbocycles. The standard InChI is InChI=1S/C19H18N6/c1-12-6-5-8-14(13(12)2)24-18-17(20)19(22-10-21-18)25-11-23-15-7-3-4-9-16(15)25/h3-11H,20H2,1-2H3,(H,21,22,24). The van der Waals surface area contributed by atoms with E-state index in [2.05, 4.69) is 40.2 Å². The van der Waals surface area contributed by atoms with Crippen LogP contribution in [0.25, 0.3) is 16.9 Å². The van der Waals surface area contributed by atoms with Crippen LogP contribution in [0.4, 0.5) is 17.2 Å². The molecule has 6 nitrogen and oxygen atoms in total. The van der Waals surface area contributed by atoms with E-state index in [4.69, 9.17) is 5.73 Å². The molecule has 25 heavy (non-hydrogen) atoms. The van der Waals surface area contributed by atoms with Gasteiger partial charge in [0.05, 0.1) is 11.0 Å². The predicted molar refractivity (Wildman–Crippen MR) is 100 cm³/mol. The number of para-hydroxylation sites is 2. The zero-order chi connectivity index (χ0) is 17.4. The molecule has 124 valence electrons.